The van der Waals surface area contributed by atoms with Gasteiger partial charge in [-0.25, -0.2) is 9.00 Å². The largest absolute Gasteiger partial charge is 0.445 e. The second kappa shape index (κ2) is 6.60. The Labute approximate surface area is 133 Å². The minimum Gasteiger partial charge on any atom is -0.445 e. The van der Waals surface area contributed by atoms with Crippen LogP contribution >= 0.6 is 0 Å². The van der Waals surface area contributed by atoms with Crippen LogP contribution in [0.4, 0.5) is 4.79 Å². The maximum Gasteiger partial charge on any atom is 0.408 e. The van der Waals surface area contributed by atoms with E-state index in [1.807, 2.05) is 51.1 Å². The predicted molar refractivity (Wildman–Crippen MR) is 88.1 cm³/mol. The molecule has 0 heterocycles. The molecule has 5 nitrogen and oxygen atoms in total. The summed E-state index contributed by atoms with van der Waals surface area (Å²) in [5.41, 5.74) is 0.444. The van der Waals surface area contributed by atoms with Crippen LogP contribution in [0.15, 0.2) is 34.7 Å². The molecule has 2 rings (SSSR count). The van der Waals surface area contributed by atoms with Crippen molar-refractivity contribution in [2.24, 2.45) is 4.40 Å². The summed E-state index contributed by atoms with van der Waals surface area (Å²) < 4.78 is 20.8. The zero-order valence-electron chi connectivity index (χ0n) is 13.2. The Bertz CT molecular complexity index is 575. The van der Waals surface area contributed by atoms with Crippen molar-refractivity contribution in [2.45, 2.75) is 50.5 Å². The van der Waals surface area contributed by atoms with Gasteiger partial charge in [0.25, 0.3) is 0 Å². The lowest BCUT2D eigenvalue weighted by molar-refractivity contribution is 0.137. The number of amides is 1. The Hall–Kier alpha value is -1.69. The molecular formula is C16H22N2O3S. The van der Waals surface area contributed by atoms with E-state index in [4.69, 9.17) is 4.74 Å². The number of benzene rings is 1. The standard InChI is InChI=1S/C16H22N2O3S/c1-15(2,3)22(20)17-12-16(9-10-16)18-14(19)21-11-13-7-5-4-6-8-13/h4-8,12H,9-11H2,1-3H3,(H,18,19)/b17-12+/t22-/m0/s1. The van der Waals surface area contributed by atoms with E-state index in [2.05, 4.69) is 9.71 Å². The third-order valence-electron chi connectivity index (χ3n) is 3.27. The maximum atomic E-state index is 11.9. The van der Waals surface area contributed by atoms with E-state index in [1.165, 1.54) is 0 Å². The fourth-order valence-corrected chi connectivity index (χ4v) is 2.30. The van der Waals surface area contributed by atoms with Gasteiger partial charge in [0.15, 0.2) is 0 Å². The summed E-state index contributed by atoms with van der Waals surface area (Å²) in [5, 5.41) is 2.80. The van der Waals surface area contributed by atoms with Crippen molar-refractivity contribution in [1.29, 1.82) is 0 Å². The van der Waals surface area contributed by atoms with Gasteiger partial charge in [0.05, 0.1) is 10.3 Å². The highest BCUT2D eigenvalue weighted by Gasteiger charge is 2.43. The Balaban J connectivity index is 1.83. The van der Waals surface area contributed by atoms with E-state index < -0.39 is 27.4 Å². The van der Waals surface area contributed by atoms with E-state index >= 15 is 0 Å². The molecule has 1 aliphatic rings. The number of nitrogens with zero attached hydrogens (tertiary/aromatic N) is 1. The first-order valence-electron chi connectivity index (χ1n) is 7.27. The monoisotopic (exact) mass is 322 g/mol. The van der Waals surface area contributed by atoms with Gasteiger partial charge in [-0.05, 0) is 39.2 Å². The summed E-state index contributed by atoms with van der Waals surface area (Å²) in [4.78, 5) is 11.8. The van der Waals surface area contributed by atoms with Gasteiger partial charge in [0.2, 0.25) is 0 Å². The summed E-state index contributed by atoms with van der Waals surface area (Å²) in [5.74, 6) is 0. The second-order valence-corrected chi connectivity index (χ2v) is 8.37. The van der Waals surface area contributed by atoms with Crippen molar-refractivity contribution in [3.63, 3.8) is 0 Å². The van der Waals surface area contributed by atoms with Crippen molar-refractivity contribution in [1.82, 2.24) is 5.32 Å². The molecule has 120 valence electrons. The summed E-state index contributed by atoms with van der Waals surface area (Å²) in [7, 11) is -1.31. The van der Waals surface area contributed by atoms with Gasteiger partial charge < -0.3 is 10.1 Å². The van der Waals surface area contributed by atoms with Crippen molar-refractivity contribution < 1.29 is 13.7 Å². The highest BCUT2D eigenvalue weighted by molar-refractivity contribution is 7.85. The third kappa shape index (κ3) is 4.94. The lowest BCUT2D eigenvalue weighted by Crippen LogP contribution is -2.38. The zero-order valence-corrected chi connectivity index (χ0v) is 14.0. The molecule has 0 bridgehead atoms. The van der Waals surface area contributed by atoms with Gasteiger partial charge in [0.1, 0.15) is 17.6 Å². The molecule has 0 radical (unpaired) electrons. The Kier molecular flexibility index (Phi) is 5.01. The SMILES string of the molecule is CC(C)(C)[S@](=O)/N=C/C1(NC(=O)OCc2ccccc2)CC1. The van der Waals surface area contributed by atoms with Gasteiger partial charge >= 0.3 is 6.09 Å². The molecule has 1 atom stereocenters. The first-order chi connectivity index (χ1) is 10.3. The van der Waals surface area contributed by atoms with Gasteiger partial charge in [0, 0.05) is 6.21 Å². The van der Waals surface area contributed by atoms with E-state index in [1.54, 1.807) is 6.21 Å². The predicted octanol–water partition coefficient (Wildman–Crippen LogP) is 2.98. The van der Waals surface area contributed by atoms with Crippen LogP contribution in [0.3, 0.4) is 0 Å². The van der Waals surface area contributed by atoms with E-state index in [0.29, 0.717) is 0 Å². The Morgan fingerprint density at radius 3 is 2.55 bits per heavy atom. The molecule has 1 fully saturated rings. The molecule has 0 unspecified atom stereocenters. The molecule has 0 aromatic heterocycles. The second-order valence-electron chi connectivity index (χ2n) is 6.44. The lowest BCUT2D eigenvalue weighted by Gasteiger charge is -2.15. The molecule has 1 saturated carbocycles. The first kappa shape index (κ1) is 16.7. The van der Waals surface area contributed by atoms with Crippen molar-refractivity contribution in [3.8, 4) is 0 Å². The van der Waals surface area contributed by atoms with Crippen molar-refractivity contribution >= 4 is 23.3 Å². The average molecular weight is 322 g/mol. The molecular weight excluding hydrogens is 300 g/mol. The summed E-state index contributed by atoms with van der Waals surface area (Å²) in [6.45, 7) is 5.82. The van der Waals surface area contributed by atoms with Crippen LogP contribution in [0.2, 0.25) is 0 Å². The molecule has 0 spiro atoms. The zero-order chi connectivity index (χ0) is 16.2. The minimum atomic E-state index is -1.31. The van der Waals surface area contributed by atoms with Crippen LogP contribution < -0.4 is 5.32 Å². The van der Waals surface area contributed by atoms with Gasteiger partial charge in [-0.15, -0.1) is 0 Å². The molecule has 0 saturated heterocycles. The lowest BCUT2D eigenvalue weighted by atomic mass is 10.2. The number of rotatable bonds is 5. The number of hydrogen-bond acceptors (Lipinski definition) is 3. The summed E-state index contributed by atoms with van der Waals surface area (Å²) in [6.07, 6.45) is 2.70. The van der Waals surface area contributed by atoms with Gasteiger partial charge in [-0.1, -0.05) is 30.3 Å². The van der Waals surface area contributed by atoms with E-state index in [0.717, 1.165) is 18.4 Å². The number of alkyl carbamates (subject to hydrolysis) is 1. The fraction of sp³-hybridized carbons (Fsp3) is 0.500. The number of ether oxygens (including phenoxy) is 1. The average Bonchev–Trinajstić information content (AvgIpc) is 3.22. The van der Waals surface area contributed by atoms with Crippen LogP contribution in [0.5, 0.6) is 0 Å². The van der Waals surface area contributed by atoms with Crippen LogP contribution in [-0.4, -0.2) is 26.8 Å². The molecule has 1 aromatic carbocycles. The number of carbonyl (C=O) groups excluding carboxylic acids is 1. The van der Waals surface area contributed by atoms with Crippen LogP contribution in [0.1, 0.15) is 39.2 Å². The van der Waals surface area contributed by atoms with E-state index in [-0.39, 0.29) is 6.61 Å². The first-order valence-corrected chi connectivity index (χ1v) is 8.38. The molecule has 1 aromatic rings. The number of nitrogens with one attached hydrogen (secondary N) is 1. The number of carbonyl (C=O) groups is 1. The summed E-state index contributed by atoms with van der Waals surface area (Å²) in [6, 6.07) is 9.50. The molecule has 22 heavy (non-hydrogen) atoms. The number of hydrogen-bond donors (Lipinski definition) is 1. The fourth-order valence-electron chi connectivity index (χ4n) is 1.69. The molecule has 1 N–H and O–H groups in total. The highest BCUT2D eigenvalue weighted by Crippen LogP contribution is 2.34. The van der Waals surface area contributed by atoms with Crippen LogP contribution in [0, 0.1) is 0 Å². The molecule has 1 aliphatic carbocycles. The van der Waals surface area contributed by atoms with E-state index in [9.17, 15) is 9.00 Å². The Morgan fingerprint density at radius 2 is 2.00 bits per heavy atom. The summed E-state index contributed by atoms with van der Waals surface area (Å²) >= 11 is 0. The molecule has 6 heteroatoms. The molecule has 0 aliphatic heterocycles. The maximum absolute atomic E-state index is 11.9. The van der Waals surface area contributed by atoms with Crippen molar-refractivity contribution in [2.75, 3.05) is 0 Å². The van der Waals surface area contributed by atoms with Gasteiger partial charge in [-0.2, -0.15) is 4.40 Å². The topological polar surface area (TPSA) is 67.8 Å². The van der Waals surface area contributed by atoms with Gasteiger partial charge in [-0.3, -0.25) is 0 Å². The quantitative estimate of drug-likeness (QED) is 0.847. The molecule has 1 amide bonds. The minimum absolute atomic E-state index is 0.230. The van der Waals surface area contributed by atoms with Crippen molar-refractivity contribution in [3.05, 3.63) is 35.9 Å². The van der Waals surface area contributed by atoms with Crippen LogP contribution in [-0.2, 0) is 22.3 Å². The smallest absolute Gasteiger partial charge is 0.408 e. The normalized spacial score (nSPS) is 18.0. The third-order valence-corrected chi connectivity index (χ3v) is 4.62. The van der Waals surface area contributed by atoms with Crippen LogP contribution in [0.25, 0.3) is 0 Å². The highest BCUT2D eigenvalue weighted by atomic mass is 32.2. The Morgan fingerprint density at radius 1 is 1.36 bits per heavy atom.